The van der Waals surface area contributed by atoms with E-state index in [1.54, 1.807) is 24.5 Å². The van der Waals surface area contributed by atoms with E-state index in [1.165, 1.54) is 6.07 Å². The lowest BCUT2D eigenvalue weighted by Gasteiger charge is -2.11. The van der Waals surface area contributed by atoms with E-state index in [1.807, 2.05) is 42.5 Å². The van der Waals surface area contributed by atoms with E-state index in [-0.39, 0.29) is 11.3 Å². The Morgan fingerprint density at radius 2 is 1.96 bits per heavy atom. The summed E-state index contributed by atoms with van der Waals surface area (Å²) >= 11 is 0. The number of hydrogen-bond acceptors (Lipinski definition) is 5. The first-order valence-electron chi connectivity index (χ1n) is 8.35. The SMILES string of the molecule is O=c1cc(-c2ccc(Cc3ccccc3Oc3cccnc3)cc2O)o[nH]1. The van der Waals surface area contributed by atoms with Gasteiger partial charge in [0.1, 0.15) is 17.2 Å². The molecule has 2 heterocycles. The summed E-state index contributed by atoms with van der Waals surface area (Å²) in [6, 6.07) is 17.9. The molecule has 0 radical (unpaired) electrons. The number of aromatic nitrogens is 2. The number of aromatic hydroxyl groups is 1. The van der Waals surface area contributed by atoms with Crippen LogP contribution in [0.3, 0.4) is 0 Å². The number of rotatable bonds is 5. The van der Waals surface area contributed by atoms with Gasteiger partial charge in [-0.3, -0.25) is 9.78 Å². The maximum Gasteiger partial charge on any atom is 0.280 e. The fourth-order valence-corrected chi connectivity index (χ4v) is 2.82. The first-order valence-corrected chi connectivity index (χ1v) is 8.35. The summed E-state index contributed by atoms with van der Waals surface area (Å²) in [4.78, 5) is 15.3. The summed E-state index contributed by atoms with van der Waals surface area (Å²) in [5.74, 6) is 1.72. The molecule has 134 valence electrons. The number of para-hydroxylation sites is 1. The van der Waals surface area contributed by atoms with Crippen LogP contribution < -0.4 is 10.3 Å². The van der Waals surface area contributed by atoms with Crippen LogP contribution in [0.15, 0.2) is 82.4 Å². The molecule has 2 aromatic heterocycles. The van der Waals surface area contributed by atoms with E-state index >= 15 is 0 Å². The lowest BCUT2D eigenvalue weighted by molar-refractivity contribution is 0.420. The normalized spacial score (nSPS) is 10.7. The van der Waals surface area contributed by atoms with Crippen LogP contribution in [-0.4, -0.2) is 15.2 Å². The van der Waals surface area contributed by atoms with Gasteiger partial charge in [-0.2, -0.15) is 5.16 Å². The molecule has 0 aliphatic heterocycles. The second-order valence-electron chi connectivity index (χ2n) is 6.00. The van der Waals surface area contributed by atoms with E-state index in [9.17, 15) is 9.90 Å². The molecule has 0 unspecified atom stereocenters. The molecule has 4 rings (SSSR count). The van der Waals surface area contributed by atoms with E-state index in [0.29, 0.717) is 23.5 Å². The number of pyridine rings is 1. The molecule has 0 aliphatic carbocycles. The zero-order valence-electron chi connectivity index (χ0n) is 14.3. The summed E-state index contributed by atoms with van der Waals surface area (Å²) in [6.45, 7) is 0. The highest BCUT2D eigenvalue weighted by Gasteiger charge is 2.12. The van der Waals surface area contributed by atoms with Crippen molar-refractivity contribution >= 4 is 0 Å². The Morgan fingerprint density at radius 1 is 1.07 bits per heavy atom. The van der Waals surface area contributed by atoms with Gasteiger partial charge in [0.2, 0.25) is 0 Å². The molecule has 0 saturated heterocycles. The molecular formula is C21H16N2O4. The van der Waals surface area contributed by atoms with Crippen LogP contribution in [0.5, 0.6) is 17.2 Å². The van der Waals surface area contributed by atoms with Gasteiger partial charge in [-0.15, -0.1) is 0 Å². The number of phenolic OH excluding ortho intramolecular Hbond substituents is 1. The molecule has 0 atom stereocenters. The van der Waals surface area contributed by atoms with E-state index in [2.05, 4.69) is 10.1 Å². The molecule has 0 aliphatic rings. The Bertz CT molecular complexity index is 1120. The molecule has 4 aromatic rings. The second-order valence-corrected chi connectivity index (χ2v) is 6.00. The van der Waals surface area contributed by atoms with Gasteiger partial charge in [0, 0.05) is 12.6 Å². The topological polar surface area (TPSA) is 88.3 Å². The van der Waals surface area contributed by atoms with E-state index in [0.717, 1.165) is 16.9 Å². The maximum atomic E-state index is 11.2. The molecule has 2 aromatic carbocycles. The average Bonchev–Trinajstić information content (AvgIpc) is 3.10. The fraction of sp³-hybridized carbons (Fsp3) is 0.0476. The Labute approximate surface area is 154 Å². The number of hydrogen-bond donors (Lipinski definition) is 2. The highest BCUT2D eigenvalue weighted by atomic mass is 16.5. The van der Waals surface area contributed by atoms with Crippen LogP contribution in [0, 0.1) is 0 Å². The molecule has 27 heavy (non-hydrogen) atoms. The zero-order chi connectivity index (χ0) is 18.6. The Morgan fingerprint density at radius 3 is 2.70 bits per heavy atom. The van der Waals surface area contributed by atoms with Crippen LogP contribution in [0.25, 0.3) is 11.3 Å². The third-order valence-electron chi connectivity index (χ3n) is 4.08. The van der Waals surface area contributed by atoms with Gasteiger partial charge in [-0.05, 0) is 41.5 Å². The average molecular weight is 360 g/mol. The summed E-state index contributed by atoms with van der Waals surface area (Å²) in [5, 5.41) is 12.5. The summed E-state index contributed by atoms with van der Waals surface area (Å²) < 4.78 is 11.0. The first-order chi connectivity index (χ1) is 13.2. The molecule has 6 heteroatoms. The smallest absolute Gasteiger partial charge is 0.280 e. The number of benzene rings is 2. The maximum absolute atomic E-state index is 11.2. The van der Waals surface area contributed by atoms with Crippen molar-refractivity contribution in [1.82, 2.24) is 10.1 Å². The Kier molecular flexibility index (Phi) is 4.45. The van der Waals surface area contributed by atoms with Gasteiger partial charge in [0.15, 0.2) is 5.76 Å². The molecule has 0 saturated carbocycles. The fourth-order valence-electron chi connectivity index (χ4n) is 2.82. The van der Waals surface area contributed by atoms with Crippen molar-refractivity contribution in [3.8, 4) is 28.6 Å². The quantitative estimate of drug-likeness (QED) is 0.559. The van der Waals surface area contributed by atoms with Crippen LogP contribution in [0.1, 0.15) is 11.1 Å². The van der Waals surface area contributed by atoms with Gasteiger partial charge < -0.3 is 14.4 Å². The van der Waals surface area contributed by atoms with Crippen molar-refractivity contribution < 1.29 is 14.4 Å². The van der Waals surface area contributed by atoms with Crippen molar-refractivity contribution in [3.05, 3.63) is 94.5 Å². The van der Waals surface area contributed by atoms with Crippen LogP contribution in [0.4, 0.5) is 0 Å². The number of H-pyrrole nitrogens is 1. The van der Waals surface area contributed by atoms with Gasteiger partial charge in [0.25, 0.3) is 5.56 Å². The molecular weight excluding hydrogens is 344 g/mol. The van der Waals surface area contributed by atoms with Crippen molar-refractivity contribution in [1.29, 1.82) is 0 Å². The minimum atomic E-state index is -0.352. The number of nitrogens with one attached hydrogen (secondary N) is 1. The van der Waals surface area contributed by atoms with Gasteiger partial charge in [0.05, 0.1) is 17.8 Å². The minimum Gasteiger partial charge on any atom is -0.507 e. The Hall–Kier alpha value is -3.80. The molecule has 6 nitrogen and oxygen atoms in total. The number of phenols is 1. The molecule has 0 spiro atoms. The highest BCUT2D eigenvalue weighted by molar-refractivity contribution is 5.65. The summed E-state index contributed by atoms with van der Waals surface area (Å²) in [5.41, 5.74) is 1.98. The van der Waals surface area contributed by atoms with Crippen LogP contribution in [-0.2, 0) is 6.42 Å². The van der Waals surface area contributed by atoms with Crippen LogP contribution in [0.2, 0.25) is 0 Å². The van der Waals surface area contributed by atoms with E-state index < -0.39 is 0 Å². The number of aromatic amines is 1. The number of nitrogens with zero attached hydrogens (tertiary/aromatic N) is 1. The largest absolute Gasteiger partial charge is 0.507 e. The first kappa shape index (κ1) is 16.7. The lowest BCUT2D eigenvalue weighted by atomic mass is 10.0. The van der Waals surface area contributed by atoms with Gasteiger partial charge in [-0.25, -0.2) is 0 Å². The van der Waals surface area contributed by atoms with Crippen LogP contribution >= 0.6 is 0 Å². The van der Waals surface area contributed by atoms with E-state index in [4.69, 9.17) is 9.26 Å². The lowest BCUT2D eigenvalue weighted by Crippen LogP contribution is -1.94. The van der Waals surface area contributed by atoms with Crippen molar-refractivity contribution in [2.75, 3.05) is 0 Å². The molecule has 0 bridgehead atoms. The third-order valence-corrected chi connectivity index (χ3v) is 4.08. The summed E-state index contributed by atoms with van der Waals surface area (Å²) in [6.07, 6.45) is 3.92. The van der Waals surface area contributed by atoms with Gasteiger partial charge in [-0.1, -0.05) is 24.3 Å². The summed E-state index contributed by atoms with van der Waals surface area (Å²) in [7, 11) is 0. The predicted octanol–water partition coefficient (Wildman–Crippen LogP) is 4.12. The predicted molar refractivity (Wildman–Crippen MR) is 100.0 cm³/mol. The zero-order valence-corrected chi connectivity index (χ0v) is 14.3. The van der Waals surface area contributed by atoms with Crippen molar-refractivity contribution in [2.45, 2.75) is 6.42 Å². The Balaban J connectivity index is 1.59. The van der Waals surface area contributed by atoms with Crippen molar-refractivity contribution in [3.63, 3.8) is 0 Å². The monoisotopic (exact) mass is 360 g/mol. The third kappa shape index (κ3) is 3.74. The van der Waals surface area contributed by atoms with Crippen molar-refractivity contribution in [2.24, 2.45) is 0 Å². The molecule has 0 amide bonds. The second kappa shape index (κ2) is 7.21. The van der Waals surface area contributed by atoms with Gasteiger partial charge >= 0.3 is 0 Å². The molecule has 0 fully saturated rings. The molecule has 2 N–H and O–H groups in total. The standard InChI is InChI=1S/C21H16N2O4/c24-18-11-14(7-8-17(18)20-12-21(25)23-27-20)10-15-4-1-2-6-19(15)26-16-5-3-9-22-13-16/h1-9,11-13,24H,10H2,(H,23,25). The number of ether oxygens (including phenoxy) is 1. The highest BCUT2D eigenvalue weighted by Crippen LogP contribution is 2.31. The minimum absolute atomic E-state index is 0.0425.